The van der Waals surface area contributed by atoms with E-state index in [1.54, 1.807) is 0 Å². The average molecular weight is 198 g/mol. The second-order valence-electron chi connectivity index (χ2n) is 3.17. The Morgan fingerprint density at radius 3 is 3.23 bits per heavy atom. The van der Waals surface area contributed by atoms with Gasteiger partial charge in [-0.05, 0) is 24.6 Å². The molecule has 2 rings (SSSR count). The molecule has 3 heteroatoms. The van der Waals surface area contributed by atoms with Crippen LogP contribution in [0.5, 0.6) is 5.75 Å². The van der Waals surface area contributed by atoms with E-state index in [0.29, 0.717) is 0 Å². The second-order valence-corrected chi connectivity index (χ2v) is 3.61. The Kier molecular flexibility index (Phi) is 2.32. The molecular weight excluding hydrogens is 186 g/mol. The normalized spacial score (nSPS) is 20.0. The first-order valence-electron chi connectivity index (χ1n) is 4.49. The number of ether oxygens (including phenoxy) is 1. The number of rotatable bonds is 1. The van der Waals surface area contributed by atoms with Gasteiger partial charge in [-0.3, -0.25) is 0 Å². The van der Waals surface area contributed by atoms with E-state index in [1.807, 2.05) is 18.2 Å². The standard InChI is InChI=1S/C10H12ClNO/c1-2-8-6-12-9-5-7(11)3-4-10(9)13-8/h3-5,8,12H,2,6H2,1H3/t8-/m1/s1. The van der Waals surface area contributed by atoms with Crippen molar-refractivity contribution >= 4 is 17.3 Å². The van der Waals surface area contributed by atoms with Crippen LogP contribution < -0.4 is 10.1 Å². The summed E-state index contributed by atoms with van der Waals surface area (Å²) in [7, 11) is 0. The molecule has 2 nitrogen and oxygen atoms in total. The first kappa shape index (κ1) is 8.70. The third kappa shape index (κ3) is 1.73. The third-order valence-electron chi connectivity index (χ3n) is 2.21. The van der Waals surface area contributed by atoms with E-state index in [1.165, 1.54) is 0 Å². The van der Waals surface area contributed by atoms with Gasteiger partial charge < -0.3 is 10.1 Å². The van der Waals surface area contributed by atoms with Crippen LogP contribution in [0.1, 0.15) is 13.3 Å². The Hall–Kier alpha value is -0.890. The highest BCUT2D eigenvalue weighted by atomic mass is 35.5. The summed E-state index contributed by atoms with van der Waals surface area (Å²) in [5, 5.41) is 4.04. The summed E-state index contributed by atoms with van der Waals surface area (Å²) < 4.78 is 5.71. The number of nitrogens with one attached hydrogen (secondary N) is 1. The van der Waals surface area contributed by atoms with Gasteiger partial charge in [0.2, 0.25) is 0 Å². The first-order valence-corrected chi connectivity index (χ1v) is 4.87. The SMILES string of the molecule is CC[C@@H]1CNc2cc(Cl)ccc2O1. The van der Waals surface area contributed by atoms with E-state index in [2.05, 4.69) is 12.2 Å². The zero-order valence-corrected chi connectivity index (χ0v) is 8.27. The summed E-state index contributed by atoms with van der Waals surface area (Å²) in [6, 6.07) is 5.65. The van der Waals surface area contributed by atoms with Crippen molar-refractivity contribution in [3.8, 4) is 5.75 Å². The van der Waals surface area contributed by atoms with Gasteiger partial charge in [-0.1, -0.05) is 18.5 Å². The monoisotopic (exact) mass is 197 g/mol. The highest BCUT2D eigenvalue weighted by Gasteiger charge is 2.17. The molecule has 0 bridgehead atoms. The van der Waals surface area contributed by atoms with Gasteiger partial charge in [0, 0.05) is 5.02 Å². The summed E-state index contributed by atoms with van der Waals surface area (Å²) in [6.07, 6.45) is 1.31. The molecule has 0 aliphatic carbocycles. The van der Waals surface area contributed by atoms with Gasteiger partial charge in [-0.25, -0.2) is 0 Å². The van der Waals surface area contributed by atoms with E-state index in [0.717, 1.165) is 29.4 Å². The van der Waals surface area contributed by atoms with Crippen LogP contribution in [0.2, 0.25) is 5.02 Å². The van der Waals surface area contributed by atoms with E-state index < -0.39 is 0 Å². The van der Waals surface area contributed by atoms with Gasteiger partial charge in [0.05, 0.1) is 12.2 Å². The van der Waals surface area contributed by atoms with Gasteiger partial charge in [0.15, 0.2) is 0 Å². The van der Waals surface area contributed by atoms with Crippen LogP contribution in [0.3, 0.4) is 0 Å². The second kappa shape index (κ2) is 3.46. The zero-order valence-electron chi connectivity index (χ0n) is 7.51. The zero-order chi connectivity index (χ0) is 9.26. The maximum absolute atomic E-state index is 5.85. The number of anilines is 1. The van der Waals surface area contributed by atoms with Crippen LogP contribution in [0.15, 0.2) is 18.2 Å². The predicted molar refractivity (Wildman–Crippen MR) is 54.6 cm³/mol. The van der Waals surface area contributed by atoms with Gasteiger partial charge in [-0.2, -0.15) is 0 Å². The van der Waals surface area contributed by atoms with Crippen LogP contribution in [0.25, 0.3) is 0 Å². The number of halogens is 1. The molecule has 1 N–H and O–H groups in total. The van der Waals surface area contributed by atoms with Gasteiger partial charge >= 0.3 is 0 Å². The largest absolute Gasteiger partial charge is 0.486 e. The summed E-state index contributed by atoms with van der Waals surface area (Å²) in [5.74, 6) is 0.905. The van der Waals surface area contributed by atoms with Crippen molar-refractivity contribution in [2.45, 2.75) is 19.4 Å². The molecule has 0 saturated heterocycles. The van der Waals surface area contributed by atoms with E-state index in [4.69, 9.17) is 16.3 Å². The minimum atomic E-state index is 0.286. The molecule has 0 aromatic heterocycles. The summed E-state index contributed by atoms with van der Waals surface area (Å²) in [5.41, 5.74) is 0.997. The molecule has 0 saturated carbocycles. The van der Waals surface area contributed by atoms with Crippen LogP contribution in [0, 0.1) is 0 Å². The molecular formula is C10H12ClNO. The van der Waals surface area contributed by atoms with Gasteiger partial charge in [0.1, 0.15) is 11.9 Å². The fourth-order valence-corrected chi connectivity index (χ4v) is 1.59. The fraction of sp³-hybridized carbons (Fsp3) is 0.400. The summed E-state index contributed by atoms with van der Waals surface area (Å²) in [4.78, 5) is 0. The lowest BCUT2D eigenvalue weighted by molar-refractivity contribution is 0.202. The fourth-order valence-electron chi connectivity index (χ4n) is 1.42. The maximum Gasteiger partial charge on any atom is 0.143 e. The van der Waals surface area contributed by atoms with Gasteiger partial charge in [-0.15, -0.1) is 0 Å². The minimum absolute atomic E-state index is 0.286. The summed E-state index contributed by atoms with van der Waals surface area (Å²) >= 11 is 5.85. The van der Waals surface area contributed by atoms with Crippen molar-refractivity contribution in [1.82, 2.24) is 0 Å². The topological polar surface area (TPSA) is 21.3 Å². The van der Waals surface area contributed by atoms with Crippen LogP contribution in [-0.4, -0.2) is 12.6 Å². The molecule has 0 radical (unpaired) electrons. The van der Waals surface area contributed by atoms with Crippen LogP contribution >= 0.6 is 11.6 Å². The average Bonchev–Trinajstić information content (AvgIpc) is 2.17. The quantitative estimate of drug-likeness (QED) is 0.748. The van der Waals surface area contributed by atoms with Gasteiger partial charge in [0.25, 0.3) is 0 Å². The highest BCUT2D eigenvalue weighted by molar-refractivity contribution is 6.30. The molecule has 1 aromatic rings. The molecule has 0 unspecified atom stereocenters. The van der Waals surface area contributed by atoms with E-state index in [-0.39, 0.29) is 6.10 Å². The number of hydrogen-bond donors (Lipinski definition) is 1. The Labute approximate surface area is 82.9 Å². The molecule has 0 amide bonds. The van der Waals surface area contributed by atoms with Crippen molar-refractivity contribution in [3.05, 3.63) is 23.2 Å². The molecule has 1 aliphatic heterocycles. The molecule has 1 atom stereocenters. The Bertz CT molecular complexity index is 314. The molecule has 70 valence electrons. The van der Waals surface area contributed by atoms with Crippen molar-refractivity contribution in [2.75, 3.05) is 11.9 Å². The maximum atomic E-state index is 5.85. The number of hydrogen-bond acceptors (Lipinski definition) is 2. The lowest BCUT2D eigenvalue weighted by Crippen LogP contribution is -2.29. The number of benzene rings is 1. The molecule has 0 fully saturated rings. The molecule has 0 spiro atoms. The lowest BCUT2D eigenvalue weighted by atomic mass is 10.2. The highest BCUT2D eigenvalue weighted by Crippen LogP contribution is 2.31. The van der Waals surface area contributed by atoms with Crippen molar-refractivity contribution in [1.29, 1.82) is 0 Å². The third-order valence-corrected chi connectivity index (χ3v) is 2.45. The lowest BCUT2D eigenvalue weighted by Gasteiger charge is -2.26. The summed E-state index contributed by atoms with van der Waals surface area (Å²) in [6.45, 7) is 2.98. The molecule has 1 heterocycles. The Balaban J connectivity index is 2.26. The number of fused-ring (bicyclic) bond motifs is 1. The van der Waals surface area contributed by atoms with E-state index in [9.17, 15) is 0 Å². The smallest absolute Gasteiger partial charge is 0.143 e. The molecule has 13 heavy (non-hydrogen) atoms. The molecule has 1 aromatic carbocycles. The first-order chi connectivity index (χ1) is 6.29. The Morgan fingerprint density at radius 2 is 2.46 bits per heavy atom. The van der Waals surface area contributed by atoms with E-state index >= 15 is 0 Å². The predicted octanol–water partition coefficient (Wildman–Crippen LogP) is 2.92. The Morgan fingerprint density at radius 1 is 1.62 bits per heavy atom. The van der Waals surface area contributed by atoms with Crippen LogP contribution in [-0.2, 0) is 0 Å². The van der Waals surface area contributed by atoms with Crippen LogP contribution in [0.4, 0.5) is 5.69 Å². The molecule has 1 aliphatic rings. The minimum Gasteiger partial charge on any atom is -0.486 e. The van der Waals surface area contributed by atoms with Crippen molar-refractivity contribution in [2.24, 2.45) is 0 Å². The van der Waals surface area contributed by atoms with Crippen molar-refractivity contribution in [3.63, 3.8) is 0 Å². The van der Waals surface area contributed by atoms with Crippen molar-refractivity contribution < 1.29 is 4.74 Å².